The zero-order valence-electron chi connectivity index (χ0n) is 11.2. The Morgan fingerprint density at radius 3 is 2.65 bits per heavy atom. The summed E-state index contributed by atoms with van der Waals surface area (Å²) < 4.78 is 14.4. The van der Waals surface area contributed by atoms with E-state index < -0.39 is 0 Å². The molecule has 1 unspecified atom stereocenters. The second-order valence-corrected chi connectivity index (χ2v) is 5.59. The quantitative estimate of drug-likeness (QED) is 0.863. The summed E-state index contributed by atoms with van der Waals surface area (Å²) in [4.78, 5) is 0. The molecule has 0 aliphatic rings. The third-order valence-corrected chi connectivity index (χ3v) is 3.66. The predicted molar refractivity (Wildman–Crippen MR) is 82.0 cm³/mol. The maximum Gasteiger partial charge on any atom is 0.126 e. The molecule has 0 amide bonds. The fourth-order valence-electron chi connectivity index (χ4n) is 1.93. The van der Waals surface area contributed by atoms with E-state index in [0.29, 0.717) is 11.1 Å². The lowest BCUT2D eigenvalue weighted by atomic mass is 10.0. The van der Waals surface area contributed by atoms with Gasteiger partial charge in [-0.2, -0.15) is 5.26 Å². The van der Waals surface area contributed by atoms with Gasteiger partial charge < -0.3 is 5.32 Å². The monoisotopic (exact) mass is 332 g/mol. The molecule has 20 heavy (non-hydrogen) atoms. The summed E-state index contributed by atoms with van der Waals surface area (Å²) in [5.41, 5.74) is 2.77. The highest BCUT2D eigenvalue weighted by Gasteiger charge is 2.10. The first-order valence-electron chi connectivity index (χ1n) is 6.23. The van der Waals surface area contributed by atoms with E-state index in [-0.39, 0.29) is 11.9 Å². The molecule has 2 aromatic carbocycles. The third kappa shape index (κ3) is 3.17. The fourth-order valence-corrected chi connectivity index (χ4v) is 2.29. The normalized spacial score (nSPS) is 11.8. The Hall–Kier alpha value is -1.86. The lowest BCUT2D eigenvalue weighted by Crippen LogP contribution is -2.08. The number of halogens is 2. The van der Waals surface area contributed by atoms with Gasteiger partial charge in [0.2, 0.25) is 0 Å². The van der Waals surface area contributed by atoms with Gasteiger partial charge in [-0.05, 0) is 49.2 Å². The summed E-state index contributed by atoms with van der Waals surface area (Å²) in [6.07, 6.45) is 0. The molecule has 2 nitrogen and oxygen atoms in total. The molecule has 1 N–H and O–H groups in total. The molecular formula is C16H14BrFN2. The van der Waals surface area contributed by atoms with Gasteiger partial charge in [0.15, 0.2) is 0 Å². The Kier molecular flexibility index (Phi) is 4.41. The number of rotatable bonds is 3. The smallest absolute Gasteiger partial charge is 0.126 e. The molecule has 0 fully saturated rings. The minimum atomic E-state index is -0.215. The Balaban J connectivity index is 2.25. The van der Waals surface area contributed by atoms with E-state index in [0.717, 1.165) is 15.7 Å². The van der Waals surface area contributed by atoms with Gasteiger partial charge in [-0.25, -0.2) is 4.39 Å². The summed E-state index contributed by atoms with van der Waals surface area (Å²) in [5, 5.41) is 12.4. The van der Waals surface area contributed by atoms with Gasteiger partial charge in [0, 0.05) is 10.5 Å². The lowest BCUT2D eigenvalue weighted by molar-refractivity contribution is 0.614. The molecule has 1 atom stereocenters. The van der Waals surface area contributed by atoms with E-state index in [1.54, 1.807) is 19.1 Å². The SMILES string of the molecule is Cc1ccc(C(C)Nc2ccc(Br)cc2C#N)cc1F. The summed E-state index contributed by atoms with van der Waals surface area (Å²) >= 11 is 3.34. The molecule has 0 saturated heterocycles. The van der Waals surface area contributed by atoms with Crippen LogP contribution in [0.2, 0.25) is 0 Å². The van der Waals surface area contributed by atoms with Crippen LogP contribution in [0.15, 0.2) is 40.9 Å². The molecule has 2 rings (SSSR count). The molecule has 2 aromatic rings. The van der Waals surface area contributed by atoms with Crippen LogP contribution < -0.4 is 5.32 Å². The molecule has 0 saturated carbocycles. The van der Waals surface area contributed by atoms with Crippen molar-refractivity contribution in [2.45, 2.75) is 19.9 Å². The summed E-state index contributed by atoms with van der Waals surface area (Å²) in [7, 11) is 0. The Labute approximate surface area is 126 Å². The van der Waals surface area contributed by atoms with Gasteiger partial charge in [-0.15, -0.1) is 0 Å². The van der Waals surface area contributed by atoms with E-state index in [1.807, 2.05) is 25.1 Å². The first kappa shape index (κ1) is 14.5. The minimum Gasteiger partial charge on any atom is -0.377 e. The van der Waals surface area contributed by atoms with Crippen LogP contribution in [0.1, 0.15) is 29.7 Å². The van der Waals surface area contributed by atoms with Crippen molar-refractivity contribution >= 4 is 21.6 Å². The number of nitrogens with one attached hydrogen (secondary N) is 1. The van der Waals surface area contributed by atoms with Crippen molar-refractivity contribution in [3.05, 3.63) is 63.4 Å². The van der Waals surface area contributed by atoms with Crippen molar-refractivity contribution in [3.8, 4) is 6.07 Å². The van der Waals surface area contributed by atoms with E-state index in [9.17, 15) is 4.39 Å². The third-order valence-electron chi connectivity index (χ3n) is 3.17. The van der Waals surface area contributed by atoms with E-state index >= 15 is 0 Å². The fraction of sp³-hybridized carbons (Fsp3) is 0.188. The number of hydrogen-bond acceptors (Lipinski definition) is 2. The number of aryl methyl sites for hydroxylation is 1. The molecule has 0 aliphatic carbocycles. The van der Waals surface area contributed by atoms with Crippen LogP contribution in [0, 0.1) is 24.1 Å². The minimum absolute atomic E-state index is 0.0848. The molecule has 0 bridgehead atoms. The summed E-state index contributed by atoms with van der Waals surface area (Å²) in [5.74, 6) is -0.215. The van der Waals surface area contributed by atoms with Crippen LogP contribution in [-0.4, -0.2) is 0 Å². The maximum absolute atomic E-state index is 13.6. The van der Waals surface area contributed by atoms with E-state index in [4.69, 9.17) is 5.26 Å². The Morgan fingerprint density at radius 2 is 2.00 bits per heavy atom. The van der Waals surface area contributed by atoms with Gasteiger partial charge >= 0.3 is 0 Å². The van der Waals surface area contributed by atoms with Crippen molar-refractivity contribution in [2.24, 2.45) is 0 Å². The van der Waals surface area contributed by atoms with Crippen LogP contribution in [0.5, 0.6) is 0 Å². The van der Waals surface area contributed by atoms with Gasteiger partial charge in [-0.1, -0.05) is 28.1 Å². The van der Waals surface area contributed by atoms with Crippen LogP contribution in [0.4, 0.5) is 10.1 Å². The highest BCUT2D eigenvalue weighted by Crippen LogP contribution is 2.25. The molecule has 0 heterocycles. The number of nitriles is 1. The first-order valence-corrected chi connectivity index (χ1v) is 7.03. The van der Waals surface area contributed by atoms with Crippen LogP contribution in [-0.2, 0) is 0 Å². The molecule has 4 heteroatoms. The number of anilines is 1. The molecule has 0 aromatic heterocycles. The van der Waals surface area contributed by atoms with Crippen molar-refractivity contribution in [1.29, 1.82) is 5.26 Å². The van der Waals surface area contributed by atoms with Crippen molar-refractivity contribution in [3.63, 3.8) is 0 Å². The van der Waals surface area contributed by atoms with Crippen molar-refractivity contribution < 1.29 is 4.39 Å². The molecule has 0 spiro atoms. The topological polar surface area (TPSA) is 35.8 Å². The average molecular weight is 333 g/mol. The molecule has 0 radical (unpaired) electrons. The standard InChI is InChI=1S/C16H14BrFN2/c1-10-3-4-12(8-15(10)18)11(2)20-16-6-5-14(17)7-13(16)9-19/h3-8,11,20H,1-2H3. The van der Waals surface area contributed by atoms with E-state index in [1.165, 1.54) is 6.07 Å². The largest absolute Gasteiger partial charge is 0.377 e. The summed E-state index contributed by atoms with van der Waals surface area (Å²) in [6, 6.07) is 12.7. The molecule has 0 aliphatic heterocycles. The second-order valence-electron chi connectivity index (χ2n) is 4.68. The van der Waals surface area contributed by atoms with Crippen molar-refractivity contribution in [2.75, 3.05) is 5.32 Å². The maximum atomic E-state index is 13.6. The number of hydrogen-bond donors (Lipinski definition) is 1. The lowest BCUT2D eigenvalue weighted by Gasteiger charge is -2.17. The highest BCUT2D eigenvalue weighted by atomic mass is 79.9. The number of nitrogens with zero attached hydrogens (tertiary/aromatic N) is 1. The molecular weight excluding hydrogens is 319 g/mol. The van der Waals surface area contributed by atoms with Gasteiger partial charge in [-0.3, -0.25) is 0 Å². The Morgan fingerprint density at radius 1 is 1.25 bits per heavy atom. The predicted octanol–water partition coefficient (Wildman–Crippen LogP) is 4.94. The number of benzene rings is 2. The van der Waals surface area contributed by atoms with Crippen LogP contribution in [0.3, 0.4) is 0 Å². The second kappa shape index (κ2) is 6.06. The zero-order chi connectivity index (χ0) is 14.7. The van der Waals surface area contributed by atoms with Gasteiger partial charge in [0.1, 0.15) is 11.9 Å². The van der Waals surface area contributed by atoms with Gasteiger partial charge in [0.25, 0.3) is 0 Å². The highest BCUT2D eigenvalue weighted by molar-refractivity contribution is 9.10. The Bertz CT molecular complexity index is 677. The van der Waals surface area contributed by atoms with Crippen molar-refractivity contribution in [1.82, 2.24) is 0 Å². The first-order chi connectivity index (χ1) is 9.51. The van der Waals surface area contributed by atoms with Crippen LogP contribution >= 0.6 is 15.9 Å². The average Bonchev–Trinajstić information content (AvgIpc) is 2.43. The summed E-state index contributed by atoms with van der Waals surface area (Å²) in [6.45, 7) is 3.67. The molecule has 102 valence electrons. The zero-order valence-corrected chi connectivity index (χ0v) is 12.8. The van der Waals surface area contributed by atoms with E-state index in [2.05, 4.69) is 27.3 Å². The van der Waals surface area contributed by atoms with Crippen LogP contribution in [0.25, 0.3) is 0 Å². The van der Waals surface area contributed by atoms with Gasteiger partial charge in [0.05, 0.1) is 11.3 Å².